The van der Waals surface area contributed by atoms with E-state index in [1.807, 2.05) is 6.92 Å². The van der Waals surface area contributed by atoms with Gasteiger partial charge in [-0.05, 0) is 25.0 Å². The fourth-order valence-corrected chi connectivity index (χ4v) is 1.82. The number of aliphatic hydroxyl groups is 1. The summed E-state index contributed by atoms with van der Waals surface area (Å²) in [6.45, 7) is 1.84. The van der Waals surface area contributed by atoms with E-state index in [1.54, 1.807) is 0 Å². The highest BCUT2D eigenvalue weighted by molar-refractivity contribution is 9.10. The first-order valence-corrected chi connectivity index (χ1v) is 5.03. The van der Waals surface area contributed by atoms with E-state index in [0.717, 1.165) is 5.56 Å². The van der Waals surface area contributed by atoms with Gasteiger partial charge in [-0.3, -0.25) is 0 Å². The van der Waals surface area contributed by atoms with Gasteiger partial charge in [0.15, 0.2) is 11.6 Å². The van der Waals surface area contributed by atoms with Crippen molar-refractivity contribution < 1.29 is 14.2 Å². The molecule has 0 heterocycles. The molecular formula is C10H12BrFO2. The van der Waals surface area contributed by atoms with Crippen LogP contribution in [0.3, 0.4) is 0 Å². The number of hydrogen-bond donors (Lipinski definition) is 1. The molecule has 0 aliphatic carbocycles. The molecule has 0 aliphatic rings. The number of benzene rings is 1. The fourth-order valence-electron chi connectivity index (χ4n) is 1.38. The van der Waals surface area contributed by atoms with Crippen LogP contribution in [-0.4, -0.2) is 18.8 Å². The molecular weight excluding hydrogens is 251 g/mol. The van der Waals surface area contributed by atoms with Gasteiger partial charge in [0.25, 0.3) is 0 Å². The normalized spacial score (nSPS) is 10.4. The largest absolute Gasteiger partial charge is 0.493 e. The number of rotatable bonds is 3. The van der Waals surface area contributed by atoms with E-state index in [1.165, 1.54) is 13.2 Å². The van der Waals surface area contributed by atoms with Crippen LogP contribution in [0.2, 0.25) is 0 Å². The summed E-state index contributed by atoms with van der Waals surface area (Å²) >= 11 is 3.25. The maximum absolute atomic E-state index is 13.4. The number of ether oxygens (including phenoxy) is 1. The number of aliphatic hydroxyl groups excluding tert-OH is 1. The average molecular weight is 263 g/mol. The molecule has 0 aromatic heterocycles. The van der Waals surface area contributed by atoms with Gasteiger partial charge in [0, 0.05) is 16.6 Å². The molecule has 0 fully saturated rings. The first kappa shape index (κ1) is 11.5. The molecule has 1 aromatic rings. The second-order valence-corrected chi connectivity index (χ2v) is 3.80. The van der Waals surface area contributed by atoms with Gasteiger partial charge < -0.3 is 9.84 Å². The van der Waals surface area contributed by atoms with E-state index in [2.05, 4.69) is 15.9 Å². The lowest BCUT2D eigenvalue weighted by Crippen LogP contribution is -2.02. The Morgan fingerprint density at radius 1 is 1.57 bits per heavy atom. The lowest BCUT2D eigenvalue weighted by atomic mass is 10.0. The van der Waals surface area contributed by atoms with Gasteiger partial charge in [0.2, 0.25) is 0 Å². The van der Waals surface area contributed by atoms with Gasteiger partial charge in [-0.25, -0.2) is 4.39 Å². The van der Waals surface area contributed by atoms with E-state index in [-0.39, 0.29) is 12.4 Å². The highest BCUT2D eigenvalue weighted by Crippen LogP contribution is 2.31. The number of hydrogen-bond acceptors (Lipinski definition) is 2. The molecule has 0 amide bonds. The first-order chi connectivity index (χ1) is 6.61. The van der Waals surface area contributed by atoms with Crippen molar-refractivity contribution in [2.45, 2.75) is 13.3 Å². The molecule has 0 saturated heterocycles. The minimum Gasteiger partial charge on any atom is -0.493 e. The third-order valence-electron chi connectivity index (χ3n) is 2.12. The Morgan fingerprint density at radius 3 is 2.71 bits per heavy atom. The Kier molecular flexibility index (Phi) is 3.89. The van der Waals surface area contributed by atoms with Crippen LogP contribution >= 0.6 is 15.9 Å². The SMILES string of the molecule is COc1c(F)cc(Br)c(C)c1CCO. The van der Waals surface area contributed by atoms with E-state index in [0.29, 0.717) is 16.5 Å². The monoisotopic (exact) mass is 262 g/mol. The molecule has 0 spiro atoms. The smallest absolute Gasteiger partial charge is 0.166 e. The lowest BCUT2D eigenvalue weighted by Gasteiger charge is -2.13. The standard InChI is InChI=1S/C10H12BrFO2/c1-6-7(3-4-13)10(14-2)9(12)5-8(6)11/h5,13H,3-4H2,1-2H3. The van der Waals surface area contributed by atoms with Crippen LogP contribution in [0.25, 0.3) is 0 Å². The predicted molar refractivity (Wildman–Crippen MR) is 56.2 cm³/mol. The zero-order chi connectivity index (χ0) is 10.7. The Hall–Kier alpha value is -0.610. The molecule has 1 rings (SSSR count). The van der Waals surface area contributed by atoms with E-state index < -0.39 is 5.82 Å². The summed E-state index contributed by atoms with van der Waals surface area (Å²) < 4.78 is 19.0. The molecule has 0 radical (unpaired) electrons. The highest BCUT2D eigenvalue weighted by atomic mass is 79.9. The fraction of sp³-hybridized carbons (Fsp3) is 0.400. The number of halogens is 2. The quantitative estimate of drug-likeness (QED) is 0.907. The van der Waals surface area contributed by atoms with Crippen molar-refractivity contribution in [2.75, 3.05) is 13.7 Å². The Bertz CT molecular complexity index is 339. The van der Waals surface area contributed by atoms with Crippen LogP contribution in [-0.2, 0) is 6.42 Å². The van der Waals surface area contributed by atoms with Crippen LogP contribution in [0.4, 0.5) is 4.39 Å². The molecule has 0 saturated carbocycles. The topological polar surface area (TPSA) is 29.5 Å². The Morgan fingerprint density at radius 2 is 2.21 bits per heavy atom. The van der Waals surface area contributed by atoms with Crippen molar-refractivity contribution in [3.8, 4) is 5.75 Å². The van der Waals surface area contributed by atoms with Gasteiger partial charge >= 0.3 is 0 Å². The van der Waals surface area contributed by atoms with Crippen molar-refractivity contribution in [3.63, 3.8) is 0 Å². The van der Waals surface area contributed by atoms with Crippen LogP contribution in [0.5, 0.6) is 5.75 Å². The maximum Gasteiger partial charge on any atom is 0.166 e. The van der Waals surface area contributed by atoms with Crippen molar-refractivity contribution in [1.82, 2.24) is 0 Å². The highest BCUT2D eigenvalue weighted by Gasteiger charge is 2.14. The number of methoxy groups -OCH3 is 1. The van der Waals surface area contributed by atoms with Gasteiger partial charge in [0.05, 0.1) is 7.11 Å². The second kappa shape index (κ2) is 4.75. The van der Waals surface area contributed by atoms with Gasteiger partial charge in [0.1, 0.15) is 0 Å². The Balaban J connectivity index is 3.32. The lowest BCUT2D eigenvalue weighted by molar-refractivity contribution is 0.295. The van der Waals surface area contributed by atoms with Gasteiger partial charge in [-0.1, -0.05) is 15.9 Å². The van der Waals surface area contributed by atoms with Gasteiger partial charge in [-0.15, -0.1) is 0 Å². The predicted octanol–water partition coefficient (Wildman–Crippen LogP) is 2.44. The van der Waals surface area contributed by atoms with Crippen LogP contribution in [0.15, 0.2) is 10.5 Å². The average Bonchev–Trinajstić information content (AvgIpc) is 2.14. The molecule has 1 aromatic carbocycles. The third kappa shape index (κ3) is 2.07. The summed E-state index contributed by atoms with van der Waals surface area (Å²) in [5.41, 5.74) is 1.61. The molecule has 0 atom stereocenters. The van der Waals surface area contributed by atoms with E-state index in [9.17, 15) is 4.39 Å². The molecule has 78 valence electrons. The maximum atomic E-state index is 13.4. The van der Waals surface area contributed by atoms with Crippen LogP contribution in [0, 0.1) is 12.7 Å². The molecule has 4 heteroatoms. The van der Waals surface area contributed by atoms with Crippen LogP contribution < -0.4 is 4.74 Å². The van der Waals surface area contributed by atoms with Crippen molar-refractivity contribution in [3.05, 3.63) is 27.5 Å². The molecule has 0 bridgehead atoms. The zero-order valence-corrected chi connectivity index (χ0v) is 9.69. The Labute approximate surface area is 90.8 Å². The molecule has 14 heavy (non-hydrogen) atoms. The molecule has 1 N–H and O–H groups in total. The molecule has 0 aliphatic heterocycles. The summed E-state index contributed by atoms with van der Waals surface area (Å²) in [5.74, 6) is -0.187. The third-order valence-corrected chi connectivity index (χ3v) is 2.94. The van der Waals surface area contributed by atoms with E-state index in [4.69, 9.17) is 9.84 Å². The summed E-state index contributed by atoms with van der Waals surface area (Å²) in [4.78, 5) is 0. The summed E-state index contributed by atoms with van der Waals surface area (Å²) in [6.07, 6.45) is 0.394. The zero-order valence-electron chi connectivity index (χ0n) is 8.10. The van der Waals surface area contributed by atoms with Crippen molar-refractivity contribution >= 4 is 15.9 Å². The van der Waals surface area contributed by atoms with Crippen molar-refractivity contribution in [1.29, 1.82) is 0 Å². The van der Waals surface area contributed by atoms with Crippen molar-refractivity contribution in [2.24, 2.45) is 0 Å². The summed E-state index contributed by atoms with van der Waals surface area (Å²) in [7, 11) is 1.42. The van der Waals surface area contributed by atoms with Gasteiger partial charge in [-0.2, -0.15) is 0 Å². The molecule has 0 unspecified atom stereocenters. The van der Waals surface area contributed by atoms with E-state index >= 15 is 0 Å². The summed E-state index contributed by atoms with van der Waals surface area (Å²) in [5, 5.41) is 8.85. The first-order valence-electron chi connectivity index (χ1n) is 4.24. The molecule has 2 nitrogen and oxygen atoms in total. The van der Waals surface area contributed by atoms with Crippen LogP contribution in [0.1, 0.15) is 11.1 Å². The second-order valence-electron chi connectivity index (χ2n) is 2.95. The minimum atomic E-state index is -0.409. The summed E-state index contributed by atoms with van der Waals surface area (Å²) in [6, 6.07) is 1.37. The minimum absolute atomic E-state index is 0.0207.